The smallest absolute Gasteiger partial charge is 0.243 e. The molecule has 2 heterocycles. The minimum Gasteiger partial charge on any atom is -0.390 e. The van der Waals surface area contributed by atoms with Crippen LogP contribution in [0.25, 0.3) is 0 Å². The van der Waals surface area contributed by atoms with E-state index in [0.717, 1.165) is 37.7 Å². The zero-order valence-electron chi connectivity index (χ0n) is 32.6. The maximum absolute atomic E-state index is 14.1. The number of aryl methyl sites for hydroxylation is 1. The van der Waals surface area contributed by atoms with Gasteiger partial charge < -0.3 is 30.9 Å². The van der Waals surface area contributed by atoms with Crippen LogP contribution in [0, 0.1) is 11.8 Å². The second kappa shape index (κ2) is 20.6. The molecule has 1 fully saturated rings. The standard InChI is InChI=1S/C42H58N6O7S/c1-29(2)22-35(41(52)46-34(23-30-12-5-3-6-13-30)37(49)26-39(50)44-18-11-20-48-21-19-43-28-48)47-42(53)36(24-31-14-7-4-8-15-31)45-40(51)25-32-27-56(54,55)38-17-10-9-16-33(32)38/h4,7-10,14-17,19,21,28-30,32,34-37,49H,3,5-6,11-13,18,20,22-27H2,1-2H3,(H,44,50)(H,45,51)(H,46,52)(H,47,53)/t32?,34-,35-,36-,37-/m0/s1. The summed E-state index contributed by atoms with van der Waals surface area (Å²) in [5, 5.41) is 23.1. The van der Waals surface area contributed by atoms with Crippen LogP contribution in [0.15, 0.2) is 78.2 Å². The molecular weight excluding hydrogens is 733 g/mol. The van der Waals surface area contributed by atoms with E-state index in [4.69, 9.17) is 0 Å². The number of carbonyl (C=O) groups excluding carboxylic acids is 4. The molecule has 14 heteroatoms. The Bertz CT molecular complexity index is 1850. The number of fused-ring (bicyclic) bond motifs is 1. The highest BCUT2D eigenvalue weighted by Crippen LogP contribution is 2.36. The third-order valence-electron chi connectivity index (χ3n) is 10.8. The molecule has 0 radical (unpaired) electrons. The van der Waals surface area contributed by atoms with Gasteiger partial charge in [0.1, 0.15) is 12.1 Å². The van der Waals surface area contributed by atoms with E-state index >= 15 is 0 Å². The Balaban J connectivity index is 1.26. The molecule has 1 aromatic heterocycles. The van der Waals surface area contributed by atoms with Crippen LogP contribution in [-0.2, 0) is 42.0 Å². The molecule has 304 valence electrons. The highest BCUT2D eigenvalue weighted by Gasteiger charge is 2.37. The average molecular weight is 791 g/mol. The monoisotopic (exact) mass is 790 g/mol. The number of aliphatic hydroxyl groups excluding tert-OH is 1. The Labute approximate surface area is 330 Å². The van der Waals surface area contributed by atoms with E-state index < -0.39 is 57.7 Å². The number of carbonyl (C=O) groups is 4. The quantitative estimate of drug-likeness (QED) is 0.107. The van der Waals surface area contributed by atoms with Crippen LogP contribution in [0.3, 0.4) is 0 Å². The van der Waals surface area contributed by atoms with E-state index in [1.165, 1.54) is 0 Å². The van der Waals surface area contributed by atoms with Gasteiger partial charge in [-0.15, -0.1) is 0 Å². The van der Waals surface area contributed by atoms with Crippen LogP contribution >= 0.6 is 0 Å². The first-order valence-corrected chi connectivity index (χ1v) is 21.7. The van der Waals surface area contributed by atoms with E-state index in [0.29, 0.717) is 37.9 Å². The van der Waals surface area contributed by atoms with E-state index in [9.17, 15) is 32.7 Å². The second-order valence-corrected chi connectivity index (χ2v) is 17.9. The van der Waals surface area contributed by atoms with Crippen molar-refractivity contribution in [3.05, 3.63) is 84.4 Å². The molecule has 0 saturated heterocycles. The number of aromatic nitrogens is 2. The van der Waals surface area contributed by atoms with Gasteiger partial charge in [0.05, 0.1) is 35.5 Å². The summed E-state index contributed by atoms with van der Waals surface area (Å²) >= 11 is 0. The largest absolute Gasteiger partial charge is 0.390 e. The maximum atomic E-state index is 14.1. The molecule has 4 amide bonds. The Morgan fingerprint density at radius 2 is 1.61 bits per heavy atom. The number of nitrogens with zero attached hydrogens (tertiary/aromatic N) is 2. The molecule has 1 saturated carbocycles. The first kappa shape index (κ1) is 42.6. The molecule has 56 heavy (non-hydrogen) atoms. The maximum Gasteiger partial charge on any atom is 0.243 e. The fraction of sp³-hybridized carbons (Fsp3) is 0.548. The predicted octanol–water partition coefficient (Wildman–Crippen LogP) is 3.82. The lowest BCUT2D eigenvalue weighted by atomic mass is 9.83. The lowest BCUT2D eigenvalue weighted by Crippen LogP contribution is -2.57. The molecule has 0 spiro atoms. The van der Waals surface area contributed by atoms with Gasteiger partial charge in [-0.2, -0.15) is 0 Å². The van der Waals surface area contributed by atoms with Crippen LogP contribution < -0.4 is 21.3 Å². The third-order valence-corrected chi connectivity index (χ3v) is 12.7. The predicted molar refractivity (Wildman–Crippen MR) is 213 cm³/mol. The minimum absolute atomic E-state index is 0.00687. The summed E-state index contributed by atoms with van der Waals surface area (Å²) in [5.41, 5.74) is 1.38. The normalized spacial score (nSPS) is 18.6. The number of hydrogen-bond acceptors (Lipinski definition) is 8. The summed E-state index contributed by atoms with van der Waals surface area (Å²) < 4.78 is 27.5. The van der Waals surface area contributed by atoms with Crippen molar-refractivity contribution in [2.75, 3.05) is 12.3 Å². The van der Waals surface area contributed by atoms with Gasteiger partial charge in [0.2, 0.25) is 23.6 Å². The highest BCUT2D eigenvalue weighted by molar-refractivity contribution is 7.91. The van der Waals surface area contributed by atoms with Gasteiger partial charge in [0.15, 0.2) is 9.84 Å². The molecule has 5 rings (SSSR count). The topological polar surface area (TPSA) is 189 Å². The third kappa shape index (κ3) is 12.7. The van der Waals surface area contributed by atoms with Crippen molar-refractivity contribution in [2.45, 2.75) is 126 Å². The number of benzene rings is 2. The first-order valence-electron chi connectivity index (χ1n) is 20.0. The Kier molecular flexibility index (Phi) is 15.6. The number of nitrogens with one attached hydrogen (secondary N) is 4. The van der Waals surface area contributed by atoms with Crippen LogP contribution in [0.5, 0.6) is 0 Å². The summed E-state index contributed by atoms with van der Waals surface area (Å²) in [6, 6.07) is 13.1. The number of amides is 4. The van der Waals surface area contributed by atoms with Crippen LogP contribution in [-0.4, -0.2) is 83.2 Å². The Morgan fingerprint density at radius 3 is 2.32 bits per heavy atom. The number of aliphatic hydroxyl groups is 1. The van der Waals surface area contributed by atoms with Crippen molar-refractivity contribution in [1.29, 1.82) is 0 Å². The zero-order valence-corrected chi connectivity index (χ0v) is 33.4. The van der Waals surface area contributed by atoms with Crippen LogP contribution in [0.1, 0.15) is 95.1 Å². The molecule has 13 nitrogen and oxygen atoms in total. The fourth-order valence-electron chi connectivity index (χ4n) is 7.92. The van der Waals surface area contributed by atoms with Gasteiger partial charge >= 0.3 is 0 Å². The van der Waals surface area contributed by atoms with Crippen molar-refractivity contribution in [3.63, 3.8) is 0 Å². The second-order valence-electron chi connectivity index (χ2n) is 15.9. The van der Waals surface area contributed by atoms with E-state index in [2.05, 4.69) is 26.3 Å². The van der Waals surface area contributed by atoms with E-state index in [1.807, 2.05) is 54.9 Å². The number of rotatable bonds is 20. The molecule has 2 aliphatic rings. The minimum atomic E-state index is -3.52. The first-order chi connectivity index (χ1) is 26.9. The molecule has 5 atom stereocenters. The molecule has 1 unspecified atom stereocenters. The van der Waals surface area contributed by atoms with Gasteiger partial charge in [-0.1, -0.05) is 94.5 Å². The van der Waals surface area contributed by atoms with Crippen molar-refractivity contribution in [1.82, 2.24) is 30.8 Å². The Hall–Kier alpha value is -4.56. The van der Waals surface area contributed by atoms with E-state index in [-0.39, 0.29) is 47.7 Å². The molecular formula is C42H58N6O7S. The molecule has 0 bridgehead atoms. The lowest BCUT2D eigenvalue weighted by Gasteiger charge is -2.32. The number of imidazole rings is 1. The van der Waals surface area contributed by atoms with Gasteiger partial charge in [0.25, 0.3) is 0 Å². The zero-order chi connectivity index (χ0) is 40.1. The van der Waals surface area contributed by atoms with Crippen molar-refractivity contribution in [2.24, 2.45) is 11.8 Å². The summed E-state index contributed by atoms with van der Waals surface area (Å²) in [6.07, 6.45) is 10.7. The molecule has 3 aromatic rings. The number of sulfone groups is 1. The van der Waals surface area contributed by atoms with Gasteiger partial charge in [-0.3, -0.25) is 19.2 Å². The number of hydrogen-bond donors (Lipinski definition) is 5. The average Bonchev–Trinajstić information content (AvgIpc) is 3.78. The van der Waals surface area contributed by atoms with Crippen LogP contribution in [0.2, 0.25) is 0 Å². The lowest BCUT2D eigenvalue weighted by molar-refractivity contribution is -0.133. The van der Waals surface area contributed by atoms with E-state index in [1.54, 1.807) is 36.8 Å². The molecule has 5 N–H and O–H groups in total. The van der Waals surface area contributed by atoms with Crippen molar-refractivity contribution in [3.8, 4) is 0 Å². The van der Waals surface area contributed by atoms with Gasteiger partial charge in [-0.05, 0) is 48.3 Å². The summed E-state index contributed by atoms with van der Waals surface area (Å²) in [7, 11) is -3.52. The summed E-state index contributed by atoms with van der Waals surface area (Å²) in [5.74, 6) is -2.25. The van der Waals surface area contributed by atoms with Crippen molar-refractivity contribution >= 4 is 33.5 Å². The fourth-order valence-corrected chi connectivity index (χ4v) is 9.80. The SMILES string of the molecule is CC(C)C[C@H](NC(=O)[C@H](Cc1ccccc1)NC(=O)CC1CS(=O)(=O)c2ccccc21)C(=O)N[C@@H](CC1CCCCC1)[C@@H](O)CC(=O)NCCCn1ccnc1. The Morgan fingerprint density at radius 1 is 0.893 bits per heavy atom. The molecule has 2 aromatic carbocycles. The summed E-state index contributed by atoms with van der Waals surface area (Å²) in [4.78, 5) is 58.9. The summed E-state index contributed by atoms with van der Waals surface area (Å²) in [6.45, 7) is 5.00. The van der Waals surface area contributed by atoms with Crippen molar-refractivity contribution < 1.29 is 32.7 Å². The molecule has 1 aliphatic heterocycles. The molecule has 1 aliphatic carbocycles. The highest BCUT2D eigenvalue weighted by atomic mass is 32.2. The van der Waals surface area contributed by atoms with Gasteiger partial charge in [-0.25, -0.2) is 13.4 Å². The van der Waals surface area contributed by atoms with Gasteiger partial charge in [0, 0.05) is 44.2 Å². The van der Waals surface area contributed by atoms with Crippen LogP contribution in [0.4, 0.5) is 0 Å².